The number of carbonyl (C=O) groups is 1. The second kappa shape index (κ2) is 10.0. The molecule has 1 aromatic carbocycles. The van der Waals surface area contributed by atoms with Crippen molar-refractivity contribution in [3.63, 3.8) is 0 Å². The van der Waals surface area contributed by atoms with Gasteiger partial charge in [-0.3, -0.25) is 10.3 Å². The van der Waals surface area contributed by atoms with Gasteiger partial charge in [-0.15, -0.1) is 24.8 Å². The first-order valence-electron chi connectivity index (χ1n) is 6.69. The van der Waals surface area contributed by atoms with E-state index in [4.69, 9.17) is 4.74 Å². The highest BCUT2D eigenvalue weighted by Gasteiger charge is 2.11. The third kappa shape index (κ3) is 6.44. The molecule has 0 spiro atoms. The van der Waals surface area contributed by atoms with Gasteiger partial charge in [0.2, 0.25) is 0 Å². The summed E-state index contributed by atoms with van der Waals surface area (Å²) in [6, 6.07) is 11.0. The predicted octanol–water partition coefficient (Wildman–Crippen LogP) is 3.91. The summed E-state index contributed by atoms with van der Waals surface area (Å²) in [5.74, 6) is 0.470. The molecular weight excluding hydrogens is 337 g/mol. The monoisotopic (exact) mass is 357 g/mol. The molecule has 0 fully saturated rings. The fourth-order valence-corrected chi connectivity index (χ4v) is 1.88. The van der Waals surface area contributed by atoms with E-state index in [0.29, 0.717) is 12.3 Å². The number of aryl methyl sites for hydroxylation is 1. The Morgan fingerprint density at radius 2 is 1.87 bits per heavy atom. The van der Waals surface area contributed by atoms with Gasteiger partial charge in [-0.25, -0.2) is 4.79 Å². The van der Waals surface area contributed by atoms with Gasteiger partial charge in [0.15, 0.2) is 5.75 Å². The first-order chi connectivity index (χ1) is 10.1. The molecule has 0 saturated heterocycles. The molecule has 0 radical (unpaired) electrons. The van der Waals surface area contributed by atoms with Crippen LogP contribution in [0.25, 0.3) is 0 Å². The molecule has 0 atom stereocenters. The van der Waals surface area contributed by atoms with Crippen LogP contribution in [0.2, 0.25) is 0 Å². The molecular formula is C16H21Cl2N3O2. The van der Waals surface area contributed by atoms with E-state index in [0.717, 1.165) is 16.9 Å². The molecule has 2 aromatic rings. The molecule has 0 aliphatic carbocycles. The second-order valence-electron chi connectivity index (χ2n) is 5.02. The topological polar surface area (TPSA) is 54.5 Å². The molecule has 0 unspecified atom stereocenters. The van der Waals surface area contributed by atoms with Crippen LogP contribution < -0.4 is 10.1 Å². The van der Waals surface area contributed by atoms with Gasteiger partial charge >= 0.3 is 6.09 Å². The highest BCUT2D eigenvalue weighted by Crippen LogP contribution is 2.18. The minimum Gasteiger partial charge on any atom is -0.408 e. The van der Waals surface area contributed by atoms with E-state index in [1.54, 1.807) is 18.3 Å². The zero-order valence-corrected chi connectivity index (χ0v) is 14.9. The molecule has 0 bridgehead atoms. The van der Waals surface area contributed by atoms with Gasteiger partial charge in [-0.2, -0.15) is 0 Å². The number of nitrogens with zero attached hydrogens (tertiary/aromatic N) is 2. The molecule has 2 rings (SSSR count). The van der Waals surface area contributed by atoms with Crippen molar-refractivity contribution >= 4 is 36.6 Å². The van der Waals surface area contributed by atoms with Crippen LogP contribution in [0.4, 0.5) is 10.5 Å². The fraction of sp³-hybridized carbons (Fsp3) is 0.250. The van der Waals surface area contributed by atoms with Crippen molar-refractivity contribution in [3.8, 4) is 5.75 Å². The zero-order valence-electron chi connectivity index (χ0n) is 13.3. The van der Waals surface area contributed by atoms with Crippen molar-refractivity contribution in [1.82, 2.24) is 9.88 Å². The molecule has 1 N–H and O–H groups in total. The fourth-order valence-electron chi connectivity index (χ4n) is 1.88. The van der Waals surface area contributed by atoms with E-state index in [1.165, 1.54) is 0 Å². The number of nitrogens with one attached hydrogen (secondary N) is 1. The lowest BCUT2D eigenvalue weighted by Crippen LogP contribution is -2.20. The molecule has 5 nitrogen and oxygen atoms in total. The average Bonchev–Trinajstić information content (AvgIpc) is 2.43. The summed E-state index contributed by atoms with van der Waals surface area (Å²) in [6.45, 7) is 2.53. The summed E-state index contributed by atoms with van der Waals surface area (Å²) < 4.78 is 5.37. The highest BCUT2D eigenvalue weighted by atomic mass is 35.5. The summed E-state index contributed by atoms with van der Waals surface area (Å²) in [7, 11) is 3.87. The zero-order chi connectivity index (χ0) is 15.2. The molecule has 1 aromatic heterocycles. The lowest BCUT2D eigenvalue weighted by Gasteiger charge is -2.13. The average molecular weight is 358 g/mol. The summed E-state index contributed by atoms with van der Waals surface area (Å²) in [4.78, 5) is 18.2. The molecule has 0 aliphatic rings. The Morgan fingerprint density at radius 3 is 2.52 bits per heavy atom. The van der Waals surface area contributed by atoms with E-state index in [-0.39, 0.29) is 24.8 Å². The number of benzene rings is 1. The van der Waals surface area contributed by atoms with Crippen LogP contribution in [0, 0.1) is 6.92 Å². The van der Waals surface area contributed by atoms with Crippen LogP contribution in [-0.4, -0.2) is 30.1 Å². The third-order valence-corrected chi connectivity index (χ3v) is 2.90. The summed E-state index contributed by atoms with van der Waals surface area (Å²) >= 11 is 0. The molecule has 1 heterocycles. The van der Waals surface area contributed by atoms with Gasteiger partial charge in [0, 0.05) is 18.4 Å². The Labute approximate surface area is 148 Å². The van der Waals surface area contributed by atoms with Crippen LogP contribution >= 0.6 is 24.8 Å². The predicted molar refractivity (Wildman–Crippen MR) is 96.9 cm³/mol. The third-order valence-electron chi connectivity index (χ3n) is 2.90. The van der Waals surface area contributed by atoms with Crippen LogP contribution in [0.5, 0.6) is 5.75 Å². The number of rotatable bonds is 4. The molecule has 0 saturated carbocycles. The number of amides is 1. The Kier molecular flexibility index (Phi) is 9.25. The quantitative estimate of drug-likeness (QED) is 0.901. The minimum absolute atomic E-state index is 0. The number of ether oxygens (including phenoxy) is 1. The number of anilines is 1. The van der Waals surface area contributed by atoms with Gasteiger partial charge in [0.05, 0.1) is 5.69 Å². The van der Waals surface area contributed by atoms with Crippen LogP contribution in [0.1, 0.15) is 11.3 Å². The molecule has 1 amide bonds. The van der Waals surface area contributed by atoms with E-state index in [1.807, 2.05) is 50.2 Å². The van der Waals surface area contributed by atoms with Crippen LogP contribution in [0.15, 0.2) is 42.6 Å². The van der Waals surface area contributed by atoms with Crippen LogP contribution in [-0.2, 0) is 6.54 Å². The van der Waals surface area contributed by atoms with Gasteiger partial charge < -0.3 is 9.64 Å². The van der Waals surface area contributed by atoms with Crippen molar-refractivity contribution in [2.45, 2.75) is 13.5 Å². The van der Waals surface area contributed by atoms with Gasteiger partial charge in [-0.1, -0.05) is 18.2 Å². The Bertz CT molecular complexity index is 636. The number of pyridine rings is 1. The van der Waals surface area contributed by atoms with E-state index in [2.05, 4.69) is 10.3 Å². The standard InChI is InChI=1S/C16H19N3O2.2ClH/c1-12-7-4-5-8-13(12)18-16(20)21-15-9-6-10-17-14(15)11-19(2)3;;/h4-10H,11H2,1-3H3,(H,18,20);2*1H. The Hall–Kier alpha value is -1.82. The van der Waals surface area contributed by atoms with Crippen molar-refractivity contribution < 1.29 is 9.53 Å². The molecule has 126 valence electrons. The van der Waals surface area contributed by atoms with Crippen LogP contribution in [0.3, 0.4) is 0 Å². The number of para-hydroxylation sites is 1. The lowest BCUT2D eigenvalue weighted by atomic mass is 10.2. The second-order valence-corrected chi connectivity index (χ2v) is 5.02. The minimum atomic E-state index is -0.516. The SMILES string of the molecule is Cc1ccccc1NC(=O)Oc1cccnc1CN(C)C.Cl.Cl. The maximum Gasteiger partial charge on any atom is 0.417 e. The van der Waals surface area contributed by atoms with Gasteiger partial charge in [0.25, 0.3) is 0 Å². The molecule has 23 heavy (non-hydrogen) atoms. The van der Waals surface area contributed by atoms with E-state index < -0.39 is 6.09 Å². The summed E-state index contributed by atoms with van der Waals surface area (Å²) in [5, 5.41) is 2.74. The van der Waals surface area contributed by atoms with E-state index in [9.17, 15) is 4.79 Å². The smallest absolute Gasteiger partial charge is 0.408 e. The number of halogens is 2. The summed E-state index contributed by atoms with van der Waals surface area (Å²) in [5.41, 5.74) is 2.44. The molecule has 0 aliphatic heterocycles. The maximum absolute atomic E-state index is 12.0. The normalized spacial score (nSPS) is 9.57. The number of aromatic nitrogens is 1. The number of carbonyl (C=O) groups excluding carboxylic acids is 1. The summed E-state index contributed by atoms with van der Waals surface area (Å²) in [6.07, 6.45) is 1.17. The van der Waals surface area contributed by atoms with Crippen molar-refractivity contribution in [3.05, 3.63) is 53.9 Å². The largest absolute Gasteiger partial charge is 0.417 e. The van der Waals surface area contributed by atoms with Gasteiger partial charge in [0.1, 0.15) is 0 Å². The highest BCUT2D eigenvalue weighted by molar-refractivity contribution is 5.87. The Balaban J connectivity index is 0.00000242. The van der Waals surface area contributed by atoms with Crippen molar-refractivity contribution in [2.24, 2.45) is 0 Å². The maximum atomic E-state index is 12.0. The van der Waals surface area contributed by atoms with Crippen molar-refractivity contribution in [1.29, 1.82) is 0 Å². The van der Waals surface area contributed by atoms with Crippen molar-refractivity contribution in [2.75, 3.05) is 19.4 Å². The number of hydrogen-bond acceptors (Lipinski definition) is 4. The first kappa shape index (κ1) is 21.2. The first-order valence-corrected chi connectivity index (χ1v) is 6.69. The van der Waals surface area contributed by atoms with Gasteiger partial charge in [-0.05, 0) is 44.8 Å². The molecule has 7 heteroatoms. The lowest BCUT2D eigenvalue weighted by molar-refractivity contribution is 0.214. The Morgan fingerprint density at radius 1 is 1.17 bits per heavy atom. The number of hydrogen-bond donors (Lipinski definition) is 1. The van der Waals surface area contributed by atoms with E-state index >= 15 is 0 Å².